The molecular formula is C19H27NO5. The number of ether oxygens (including phenoxy) is 2. The van der Waals surface area contributed by atoms with Crippen LogP contribution in [-0.4, -0.2) is 36.6 Å². The maximum absolute atomic E-state index is 12.5. The molecule has 0 radical (unpaired) electrons. The largest absolute Gasteiger partial charge is 0.464 e. The van der Waals surface area contributed by atoms with Gasteiger partial charge < -0.3 is 14.8 Å². The molecule has 0 saturated carbocycles. The first-order valence-electron chi connectivity index (χ1n) is 8.60. The molecule has 138 valence electrons. The smallest absolute Gasteiger partial charge is 0.343 e. The highest BCUT2D eigenvalue weighted by Gasteiger charge is 2.49. The van der Waals surface area contributed by atoms with E-state index in [1.54, 1.807) is 13.8 Å². The second kappa shape index (κ2) is 9.81. The van der Waals surface area contributed by atoms with Crippen LogP contribution in [0.15, 0.2) is 24.3 Å². The van der Waals surface area contributed by atoms with Gasteiger partial charge in [0.25, 0.3) is 0 Å². The van der Waals surface area contributed by atoms with Crippen molar-refractivity contribution in [3.8, 4) is 0 Å². The van der Waals surface area contributed by atoms with Crippen molar-refractivity contribution in [3.05, 3.63) is 35.4 Å². The lowest BCUT2D eigenvalue weighted by molar-refractivity contribution is -0.168. The van der Waals surface area contributed by atoms with Crippen LogP contribution in [0.25, 0.3) is 0 Å². The maximum Gasteiger partial charge on any atom is 0.343 e. The van der Waals surface area contributed by atoms with E-state index in [-0.39, 0.29) is 19.6 Å². The minimum absolute atomic E-state index is 0.0652. The Morgan fingerprint density at radius 2 is 1.40 bits per heavy atom. The average molecular weight is 349 g/mol. The summed E-state index contributed by atoms with van der Waals surface area (Å²) in [5.74, 6) is -2.09. The third-order valence-electron chi connectivity index (χ3n) is 3.86. The van der Waals surface area contributed by atoms with E-state index in [0.29, 0.717) is 6.42 Å². The topological polar surface area (TPSA) is 81.7 Å². The molecule has 1 rings (SSSR count). The Balaban J connectivity index is 3.10. The lowest BCUT2D eigenvalue weighted by Crippen LogP contribution is -2.61. The normalized spacial score (nSPS) is 10.9. The van der Waals surface area contributed by atoms with Crippen LogP contribution in [0.2, 0.25) is 0 Å². The molecule has 0 aliphatic carbocycles. The van der Waals surface area contributed by atoms with Gasteiger partial charge >= 0.3 is 11.9 Å². The standard InChI is InChI=1S/C19H27NO5/c1-5-15-8-10-16(11-9-15)12-13-19(20-14(4)21,17(22)24-6-2)18(23)25-7-3/h8-11H,5-7,12-13H2,1-4H3,(H,20,21). The molecule has 0 bridgehead atoms. The van der Waals surface area contributed by atoms with Crippen molar-refractivity contribution in [1.82, 2.24) is 5.32 Å². The van der Waals surface area contributed by atoms with Crippen LogP contribution in [0.4, 0.5) is 0 Å². The number of hydrogen-bond acceptors (Lipinski definition) is 5. The van der Waals surface area contributed by atoms with Crippen LogP contribution in [0.1, 0.15) is 45.2 Å². The Kier molecular flexibility index (Phi) is 8.11. The first-order chi connectivity index (χ1) is 11.9. The summed E-state index contributed by atoms with van der Waals surface area (Å²) < 4.78 is 10.1. The molecule has 0 fully saturated rings. The first kappa shape index (κ1) is 20.7. The molecular weight excluding hydrogens is 322 g/mol. The Labute approximate surface area is 148 Å². The van der Waals surface area contributed by atoms with Crippen LogP contribution in [-0.2, 0) is 36.7 Å². The van der Waals surface area contributed by atoms with Gasteiger partial charge in [-0.3, -0.25) is 4.79 Å². The van der Waals surface area contributed by atoms with Gasteiger partial charge in [0.05, 0.1) is 13.2 Å². The molecule has 6 nitrogen and oxygen atoms in total. The highest BCUT2D eigenvalue weighted by atomic mass is 16.6. The van der Waals surface area contributed by atoms with Gasteiger partial charge in [0.1, 0.15) is 0 Å². The molecule has 0 aliphatic rings. The highest BCUT2D eigenvalue weighted by Crippen LogP contribution is 2.20. The van der Waals surface area contributed by atoms with Crippen molar-refractivity contribution in [3.63, 3.8) is 0 Å². The van der Waals surface area contributed by atoms with Gasteiger partial charge in [-0.25, -0.2) is 9.59 Å². The monoisotopic (exact) mass is 349 g/mol. The molecule has 0 aliphatic heterocycles. The zero-order chi connectivity index (χ0) is 18.9. The van der Waals surface area contributed by atoms with E-state index in [1.807, 2.05) is 24.3 Å². The third kappa shape index (κ3) is 5.59. The number of aryl methyl sites for hydroxylation is 2. The number of benzene rings is 1. The van der Waals surface area contributed by atoms with E-state index in [9.17, 15) is 14.4 Å². The van der Waals surface area contributed by atoms with Gasteiger partial charge in [-0.2, -0.15) is 0 Å². The summed E-state index contributed by atoms with van der Waals surface area (Å²) in [6.45, 7) is 6.81. The van der Waals surface area contributed by atoms with Crippen molar-refractivity contribution in [2.45, 2.75) is 52.5 Å². The van der Waals surface area contributed by atoms with Crippen molar-refractivity contribution >= 4 is 17.8 Å². The molecule has 1 amide bonds. The molecule has 1 N–H and O–H groups in total. The molecule has 1 aromatic rings. The number of hydrogen-bond donors (Lipinski definition) is 1. The lowest BCUT2D eigenvalue weighted by Gasteiger charge is -2.29. The predicted octanol–water partition coefficient (Wildman–Crippen LogP) is 2.18. The van der Waals surface area contributed by atoms with Gasteiger partial charge in [-0.05, 0) is 44.2 Å². The molecule has 25 heavy (non-hydrogen) atoms. The molecule has 6 heteroatoms. The number of carbonyl (C=O) groups excluding carboxylic acids is 3. The summed E-state index contributed by atoms with van der Waals surface area (Å²) >= 11 is 0. The average Bonchev–Trinajstić information content (AvgIpc) is 2.59. The van der Waals surface area contributed by atoms with Gasteiger partial charge in [-0.15, -0.1) is 0 Å². The SMILES string of the molecule is CCOC(=O)C(CCc1ccc(CC)cc1)(NC(C)=O)C(=O)OCC. The molecule has 0 spiro atoms. The van der Waals surface area contributed by atoms with Crippen molar-refractivity contribution in [2.75, 3.05) is 13.2 Å². The summed E-state index contributed by atoms with van der Waals surface area (Å²) in [4.78, 5) is 36.6. The van der Waals surface area contributed by atoms with E-state index in [0.717, 1.165) is 12.0 Å². The second-order valence-electron chi connectivity index (χ2n) is 5.70. The number of amides is 1. The predicted molar refractivity (Wildman–Crippen MR) is 94.0 cm³/mol. The highest BCUT2D eigenvalue weighted by molar-refractivity contribution is 6.07. The van der Waals surface area contributed by atoms with Crippen LogP contribution in [0, 0.1) is 0 Å². The summed E-state index contributed by atoms with van der Waals surface area (Å²) in [7, 11) is 0. The number of carbonyl (C=O) groups is 3. The van der Waals surface area contributed by atoms with Crippen molar-refractivity contribution in [2.24, 2.45) is 0 Å². The van der Waals surface area contributed by atoms with Crippen LogP contribution < -0.4 is 5.32 Å². The Bertz CT molecular complexity index is 576. The number of nitrogens with one attached hydrogen (secondary N) is 1. The minimum atomic E-state index is -1.83. The van der Waals surface area contributed by atoms with Crippen LogP contribution >= 0.6 is 0 Å². The van der Waals surface area contributed by atoms with Crippen molar-refractivity contribution < 1.29 is 23.9 Å². The maximum atomic E-state index is 12.5. The molecule has 0 heterocycles. The van der Waals surface area contributed by atoms with Gasteiger partial charge in [0, 0.05) is 6.92 Å². The fourth-order valence-corrected chi connectivity index (χ4v) is 2.53. The summed E-state index contributed by atoms with van der Waals surface area (Å²) in [6.07, 6.45) is 1.42. The van der Waals surface area contributed by atoms with E-state index < -0.39 is 23.4 Å². The Hall–Kier alpha value is -2.37. The Morgan fingerprint density at radius 1 is 0.920 bits per heavy atom. The second-order valence-corrected chi connectivity index (χ2v) is 5.70. The number of rotatable bonds is 9. The van der Waals surface area contributed by atoms with Crippen LogP contribution in [0.5, 0.6) is 0 Å². The van der Waals surface area contributed by atoms with Gasteiger partial charge in [0.2, 0.25) is 11.4 Å². The number of esters is 2. The van der Waals surface area contributed by atoms with Crippen molar-refractivity contribution in [1.29, 1.82) is 0 Å². The fourth-order valence-electron chi connectivity index (χ4n) is 2.53. The summed E-state index contributed by atoms with van der Waals surface area (Å²) in [5, 5.41) is 2.47. The lowest BCUT2D eigenvalue weighted by atomic mass is 9.90. The molecule has 0 saturated heterocycles. The minimum Gasteiger partial charge on any atom is -0.464 e. The van der Waals surface area contributed by atoms with E-state index in [2.05, 4.69) is 12.2 Å². The molecule has 0 unspecified atom stereocenters. The van der Waals surface area contributed by atoms with Crippen LogP contribution in [0.3, 0.4) is 0 Å². The zero-order valence-electron chi connectivity index (χ0n) is 15.4. The summed E-state index contributed by atoms with van der Waals surface area (Å²) in [5.41, 5.74) is 0.328. The molecule has 0 atom stereocenters. The summed E-state index contributed by atoms with van der Waals surface area (Å²) in [6, 6.07) is 7.91. The van der Waals surface area contributed by atoms with E-state index in [4.69, 9.17) is 9.47 Å². The van der Waals surface area contributed by atoms with Gasteiger partial charge in [-0.1, -0.05) is 31.2 Å². The first-order valence-corrected chi connectivity index (χ1v) is 8.60. The molecule has 0 aromatic heterocycles. The third-order valence-corrected chi connectivity index (χ3v) is 3.86. The van der Waals surface area contributed by atoms with E-state index in [1.165, 1.54) is 12.5 Å². The Morgan fingerprint density at radius 3 is 1.80 bits per heavy atom. The van der Waals surface area contributed by atoms with E-state index >= 15 is 0 Å². The quantitative estimate of drug-likeness (QED) is 0.546. The fraction of sp³-hybridized carbons (Fsp3) is 0.526. The molecule has 1 aromatic carbocycles. The van der Waals surface area contributed by atoms with Gasteiger partial charge in [0.15, 0.2) is 0 Å². The zero-order valence-corrected chi connectivity index (χ0v) is 15.4.